The molecule has 0 aliphatic carbocycles. The summed E-state index contributed by atoms with van der Waals surface area (Å²) in [5.41, 5.74) is 1.92. The van der Waals surface area contributed by atoms with Crippen LogP contribution in [0.15, 0.2) is 54.6 Å². The van der Waals surface area contributed by atoms with Gasteiger partial charge in [-0.25, -0.2) is 9.48 Å². The highest BCUT2D eigenvalue weighted by Crippen LogP contribution is 2.27. The van der Waals surface area contributed by atoms with Gasteiger partial charge in [-0.3, -0.25) is 4.79 Å². The minimum absolute atomic E-state index is 0.124. The molecule has 0 unspecified atom stereocenters. The Balaban J connectivity index is 1.81. The van der Waals surface area contributed by atoms with Gasteiger partial charge >= 0.3 is 6.03 Å². The first-order chi connectivity index (χ1) is 16.4. The molecule has 1 heterocycles. The average molecular weight is 516 g/mol. The predicted molar refractivity (Wildman–Crippen MR) is 143 cm³/mol. The van der Waals surface area contributed by atoms with Crippen molar-refractivity contribution in [1.29, 1.82) is 0 Å². The number of amides is 3. The topological polar surface area (TPSA) is 79.3 Å². The molecule has 0 atom stereocenters. The van der Waals surface area contributed by atoms with E-state index in [4.69, 9.17) is 28.3 Å². The standard InChI is InChI=1S/C26H31Cl2N5O2/c1-17(2)15-32(25(35)29-20-8-6-7-19(28)13-20)16-24(34)30-23-14-22(26(3,4)5)31-33(23)21-11-9-18(27)10-12-21/h6-14,17H,15-16H2,1-5H3,(H,29,35)(H,30,34). The quantitative estimate of drug-likeness (QED) is 0.371. The third kappa shape index (κ3) is 7.47. The fourth-order valence-electron chi connectivity index (χ4n) is 3.40. The minimum Gasteiger partial charge on any atom is -0.315 e. The van der Waals surface area contributed by atoms with Gasteiger partial charge in [0.15, 0.2) is 0 Å². The van der Waals surface area contributed by atoms with Crippen LogP contribution in [0, 0.1) is 5.92 Å². The van der Waals surface area contributed by atoms with Crippen LogP contribution in [0.2, 0.25) is 10.0 Å². The van der Waals surface area contributed by atoms with Crippen molar-refractivity contribution in [3.63, 3.8) is 0 Å². The number of nitrogens with zero attached hydrogens (tertiary/aromatic N) is 3. The number of aromatic nitrogens is 2. The number of anilines is 2. The molecule has 9 heteroatoms. The summed E-state index contributed by atoms with van der Waals surface area (Å²) < 4.78 is 1.67. The zero-order valence-electron chi connectivity index (χ0n) is 20.6. The van der Waals surface area contributed by atoms with Gasteiger partial charge in [0, 0.05) is 33.8 Å². The second kappa shape index (κ2) is 11.1. The van der Waals surface area contributed by atoms with Crippen LogP contribution < -0.4 is 10.6 Å². The molecule has 0 aliphatic heterocycles. The van der Waals surface area contributed by atoms with E-state index in [1.807, 2.05) is 32.0 Å². The molecule has 0 saturated carbocycles. The smallest absolute Gasteiger partial charge is 0.315 e. The lowest BCUT2D eigenvalue weighted by molar-refractivity contribution is -0.116. The highest BCUT2D eigenvalue weighted by Gasteiger charge is 2.23. The molecule has 0 aliphatic rings. The van der Waals surface area contributed by atoms with Crippen molar-refractivity contribution in [3.8, 4) is 5.69 Å². The van der Waals surface area contributed by atoms with E-state index >= 15 is 0 Å². The number of carbonyl (C=O) groups excluding carboxylic acids is 2. The molecule has 1 aromatic heterocycles. The van der Waals surface area contributed by atoms with Gasteiger partial charge in [-0.15, -0.1) is 0 Å². The molecule has 3 aromatic rings. The Kier molecular flexibility index (Phi) is 8.46. The van der Waals surface area contributed by atoms with Crippen LogP contribution in [0.1, 0.15) is 40.3 Å². The van der Waals surface area contributed by atoms with Gasteiger partial charge in [0.1, 0.15) is 12.4 Å². The Hall–Kier alpha value is -3.03. The van der Waals surface area contributed by atoms with Crippen molar-refractivity contribution in [1.82, 2.24) is 14.7 Å². The van der Waals surface area contributed by atoms with Crippen LogP contribution in [0.4, 0.5) is 16.3 Å². The van der Waals surface area contributed by atoms with E-state index in [1.165, 1.54) is 4.90 Å². The molecule has 2 aromatic carbocycles. The maximum atomic E-state index is 13.1. The molecule has 3 amide bonds. The van der Waals surface area contributed by atoms with Crippen molar-refractivity contribution >= 4 is 46.6 Å². The molecule has 35 heavy (non-hydrogen) atoms. The van der Waals surface area contributed by atoms with E-state index in [1.54, 1.807) is 41.1 Å². The first-order valence-corrected chi connectivity index (χ1v) is 12.2. The fourth-order valence-corrected chi connectivity index (χ4v) is 3.72. The number of halogens is 2. The summed E-state index contributed by atoms with van der Waals surface area (Å²) in [5, 5.41) is 11.6. The summed E-state index contributed by atoms with van der Waals surface area (Å²) >= 11 is 12.1. The molecule has 0 bridgehead atoms. The summed E-state index contributed by atoms with van der Waals surface area (Å²) in [5.74, 6) is 0.351. The summed E-state index contributed by atoms with van der Waals surface area (Å²) in [4.78, 5) is 27.5. The monoisotopic (exact) mass is 515 g/mol. The number of rotatable bonds is 7. The number of hydrogen-bond acceptors (Lipinski definition) is 3. The highest BCUT2D eigenvalue weighted by atomic mass is 35.5. The Morgan fingerprint density at radius 2 is 1.69 bits per heavy atom. The molecular weight excluding hydrogens is 485 g/mol. The van der Waals surface area contributed by atoms with E-state index in [-0.39, 0.29) is 29.8 Å². The fraction of sp³-hybridized carbons (Fsp3) is 0.346. The van der Waals surface area contributed by atoms with Gasteiger partial charge < -0.3 is 15.5 Å². The number of benzene rings is 2. The minimum atomic E-state index is -0.377. The lowest BCUT2D eigenvalue weighted by atomic mass is 9.92. The molecule has 0 fully saturated rings. The summed E-state index contributed by atoms with van der Waals surface area (Å²) in [6.07, 6.45) is 0. The molecule has 7 nitrogen and oxygen atoms in total. The Labute approximate surface area is 216 Å². The van der Waals surface area contributed by atoms with Crippen LogP contribution in [0.3, 0.4) is 0 Å². The number of nitrogens with one attached hydrogen (secondary N) is 2. The third-order valence-electron chi connectivity index (χ3n) is 5.10. The molecule has 2 N–H and O–H groups in total. The largest absolute Gasteiger partial charge is 0.322 e. The van der Waals surface area contributed by atoms with E-state index in [2.05, 4.69) is 31.4 Å². The summed E-state index contributed by atoms with van der Waals surface area (Å²) in [7, 11) is 0. The zero-order valence-corrected chi connectivity index (χ0v) is 22.1. The maximum absolute atomic E-state index is 13.1. The number of urea groups is 1. The highest BCUT2D eigenvalue weighted by molar-refractivity contribution is 6.31. The first-order valence-electron chi connectivity index (χ1n) is 11.4. The van der Waals surface area contributed by atoms with Gasteiger partial charge in [-0.1, -0.05) is 63.9 Å². The normalized spacial score (nSPS) is 11.4. The summed E-state index contributed by atoms with van der Waals surface area (Å²) in [6, 6.07) is 15.6. The molecule has 0 spiro atoms. The van der Waals surface area contributed by atoms with Crippen molar-refractivity contribution < 1.29 is 9.59 Å². The second-order valence-corrected chi connectivity index (χ2v) is 10.7. The van der Waals surface area contributed by atoms with Crippen LogP contribution in [-0.2, 0) is 10.2 Å². The van der Waals surface area contributed by atoms with E-state index in [9.17, 15) is 9.59 Å². The summed E-state index contributed by atoms with van der Waals surface area (Å²) in [6.45, 7) is 10.4. The lowest BCUT2D eigenvalue weighted by Crippen LogP contribution is -2.42. The van der Waals surface area contributed by atoms with Crippen LogP contribution in [0.5, 0.6) is 0 Å². The predicted octanol–water partition coefficient (Wildman–Crippen LogP) is 6.61. The Bertz CT molecular complexity index is 1180. The van der Waals surface area contributed by atoms with Crippen molar-refractivity contribution in [2.24, 2.45) is 5.92 Å². The first kappa shape index (κ1) is 26.6. The van der Waals surface area contributed by atoms with E-state index in [0.717, 1.165) is 11.4 Å². The van der Waals surface area contributed by atoms with Crippen LogP contribution in [0.25, 0.3) is 5.69 Å². The third-order valence-corrected chi connectivity index (χ3v) is 5.59. The Morgan fingerprint density at radius 1 is 1.00 bits per heavy atom. The van der Waals surface area contributed by atoms with Gasteiger partial charge in [-0.05, 0) is 48.4 Å². The number of hydrogen-bond donors (Lipinski definition) is 2. The lowest BCUT2D eigenvalue weighted by Gasteiger charge is -2.24. The second-order valence-electron chi connectivity index (χ2n) is 9.82. The van der Waals surface area contributed by atoms with E-state index in [0.29, 0.717) is 28.1 Å². The van der Waals surface area contributed by atoms with E-state index < -0.39 is 0 Å². The van der Waals surface area contributed by atoms with Crippen molar-refractivity contribution in [2.75, 3.05) is 23.7 Å². The average Bonchev–Trinajstić information content (AvgIpc) is 3.17. The van der Waals surface area contributed by atoms with Gasteiger partial charge in [-0.2, -0.15) is 5.10 Å². The molecule has 186 valence electrons. The maximum Gasteiger partial charge on any atom is 0.322 e. The zero-order chi connectivity index (χ0) is 25.8. The van der Waals surface area contributed by atoms with Gasteiger partial charge in [0.2, 0.25) is 5.91 Å². The van der Waals surface area contributed by atoms with Crippen molar-refractivity contribution in [2.45, 2.75) is 40.0 Å². The van der Waals surface area contributed by atoms with Crippen molar-refractivity contribution in [3.05, 3.63) is 70.3 Å². The van der Waals surface area contributed by atoms with Gasteiger partial charge in [0.25, 0.3) is 0 Å². The molecule has 3 rings (SSSR count). The van der Waals surface area contributed by atoms with Crippen LogP contribution >= 0.6 is 23.2 Å². The molecular formula is C26H31Cl2N5O2. The Morgan fingerprint density at radius 3 is 2.29 bits per heavy atom. The van der Waals surface area contributed by atoms with Crippen LogP contribution in [-0.4, -0.2) is 39.7 Å². The number of carbonyl (C=O) groups is 2. The van der Waals surface area contributed by atoms with Gasteiger partial charge in [0.05, 0.1) is 11.4 Å². The molecule has 0 radical (unpaired) electrons. The SMILES string of the molecule is CC(C)CN(CC(=O)Nc1cc(C(C)(C)C)nn1-c1ccc(Cl)cc1)C(=O)Nc1cccc(Cl)c1. The molecule has 0 saturated heterocycles.